The minimum absolute atomic E-state index is 0.213. The van der Waals surface area contributed by atoms with Crippen molar-refractivity contribution in [2.24, 2.45) is 51.9 Å². The molecule has 0 spiro atoms. The molecule has 4 unspecified atom stereocenters. The fraction of sp³-hybridized carbons (Fsp3) is 0.562. The second-order valence-corrected chi connectivity index (χ2v) is 8.01. The van der Waals surface area contributed by atoms with E-state index in [2.05, 4.69) is 17.5 Å². The number of non-ortho nitro benzene ring substituents is 1. The molecule has 7 rings (SSSR count). The van der Waals surface area contributed by atoms with Crippen LogP contribution in [0.4, 0.5) is 17.1 Å². The van der Waals surface area contributed by atoms with E-state index in [0.29, 0.717) is 17.3 Å². The lowest BCUT2D eigenvalue weighted by Gasteiger charge is -2.90. The SMILES string of the molecule is CC12C3[C@H]4C5/C(=N\Nc6ccc([N+](=O)[O-])cc6[N+](=O)[O-])C([C@H]41)[C@H]2[C@H]53. The molecule has 1 aromatic rings. The number of anilines is 1. The van der Waals surface area contributed by atoms with E-state index in [9.17, 15) is 20.2 Å². The molecule has 2 bridgehead atoms. The van der Waals surface area contributed by atoms with Gasteiger partial charge in [-0.2, -0.15) is 5.10 Å². The molecule has 0 radical (unpaired) electrons. The molecule has 8 heteroatoms. The Morgan fingerprint density at radius 1 is 1.08 bits per heavy atom. The Kier molecular flexibility index (Phi) is 1.85. The summed E-state index contributed by atoms with van der Waals surface area (Å²) in [6.45, 7) is 2.41. The zero-order valence-electron chi connectivity index (χ0n) is 12.7. The third kappa shape index (κ3) is 1.00. The summed E-state index contributed by atoms with van der Waals surface area (Å²) in [6.07, 6.45) is 0. The van der Waals surface area contributed by atoms with Crippen LogP contribution in [0.1, 0.15) is 6.92 Å². The van der Waals surface area contributed by atoms with Crippen LogP contribution in [-0.4, -0.2) is 15.6 Å². The minimum Gasteiger partial charge on any atom is -0.272 e. The maximum Gasteiger partial charge on any atom is 0.301 e. The number of benzene rings is 1. The first-order valence-corrected chi connectivity index (χ1v) is 8.22. The maximum absolute atomic E-state index is 11.2. The van der Waals surface area contributed by atoms with Gasteiger partial charge >= 0.3 is 5.69 Å². The predicted molar refractivity (Wildman–Crippen MR) is 83.3 cm³/mol. The van der Waals surface area contributed by atoms with Gasteiger partial charge in [0.1, 0.15) is 5.69 Å². The largest absolute Gasteiger partial charge is 0.301 e. The lowest BCUT2D eigenvalue weighted by Crippen LogP contribution is -2.87. The van der Waals surface area contributed by atoms with Crippen LogP contribution in [-0.2, 0) is 0 Å². The van der Waals surface area contributed by atoms with E-state index >= 15 is 0 Å². The average Bonchev–Trinajstić information content (AvgIpc) is 2.75. The van der Waals surface area contributed by atoms with Crippen molar-refractivity contribution in [3.63, 3.8) is 0 Å². The van der Waals surface area contributed by atoms with E-state index in [1.807, 2.05) is 0 Å². The summed E-state index contributed by atoms with van der Waals surface area (Å²) in [7, 11) is 0. The van der Waals surface area contributed by atoms with Crippen molar-refractivity contribution >= 4 is 22.8 Å². The van der Waals surface area contributed by atoms with Gasteiger partial charge in [0.2, 0.25) is 0 Å². The predicted octanol–water partition coefficient (Wildman–Crippen LogP) is 2.66. The third-order valence-corrected chi connectivity index (χ3v) is 7.79. The highest BCUT2D eigenvalue weighted by atomic mass is 16.6. The molecule has 6 fully saturated rings. The van der Waals surface area contributed by atoms with Crippen molar-refractivity contribution in [2.45, 2.75) is 6.92 Å². The highest BCUT2D eigenvalue weighted by molar-refractivity contribution is 6.00. The fourth-order valence-electron chi connectivity index (χ4n) is 7.29. The Hall–Kier alpha value is -2.51. The van der Waals surface area contributed by atoms with Gasteiger partial charge < -0.3 is 0 Å². The first-order valence-electron chi connectivity index (χ1n) is 8.22. The minimum atomic E-state index is -0.635. The Bertz CT molecular complexity index is 876. The number of nitro benzene ring substituents is 2. The van der Waals surface area contributed by atoms with Crippen LogP contribution in [0.2, 0.25) is 0 Å². The summed E-state index contributed by atoms with van der Waals surface area (Å²) in [5, 5.41) is 26.5. The molecule has 0 aliphatic heterocycles. The molecule has 6 aliphatic rings. The van der Waals surface area contributed by atoms with Gasteiger partial charge in [0.25, 0.3) is 5.69 Å². The second kappa shape index (κ2) is 3.45. The fourth-order valence-corrected chi connectivity index (χ4v) is 7.29. The first-order chi connectivity index (χ1) is 11.5. The van der Waals surface area contributed by atoms with E-state index < -0.39 is 9.85 Å². The summed E-state index contributed by atoms with van der Waals surface area (Å²) in [5.74, 6) is 5.26. The van der Waals surface area contributed by atoms with Gasteiger partial charge in [-0.25, -0.2) is 0 Å². The maximum atomic E-state index is 11.2. The van der Waals surface area contributed by atoms with Gasteiger partial charge in [-0.05, 0) is 41.1 Å². The molecule has 0 saturated heterocycles. The molecule has 1 aromatic carbocycles. The number of hydrogen-bond acceptors (Lipinski definition) is 6. The van der Waals surface area contributed by atoms with Crippen molar-refractivity contribution < 1.29 is 9.85 Å². The molecule has 24 heavy (non-hydrogen) atoms. The molecule has 0 amide bonds. The van der Waals surface area contributed by atoms with Crippen molar-refractivity contribution in [2.75, 3.05) is 5.43 Å². The normalized spacial score (nSPS) is 48.7. The van der Waals surface area contributed by atoms with Gasteiger partial charge in [-0.15, -0.1) is 0 Å². The molecular weight excluding hydrogens is 312 g/mol. The summed E-state index contributed by atoms with van der Waals surface area (Å²) in [5.41, 5.74) is 4.21. The zero-order chi connectivity index (χ0) is 16.5. The topological polar surface area (TPSA) is 111 Å². The highest BCUT2D eigenvalue weighted by Gasteiger charge is 2.98. The standard InChI is InChI=1S/C16H14N4O4/c1-16-12-9-8-10(12)14(16)11(13(9)16)15(8)18-17-6-3-2-5(19(21)22)4-7(6)20(23)24/h2-4,8-14,17H,1H3/b18-15+/t8?,9-,10-,11?,12?,13-,14+,16?/m1/s1. The molecule has 6 aliphatic carbocycles. The molecule has 6 saturated carbocycles. The number of hydrazone groups is 1. The molecule has 122 valence electrons. The van der Waals surface area contributed by atoms with Crippen LogP contribution in [0.15, 0.2) is 23.3 Å². The van der Waals surface area contributed by atoms with Gasteiger partial charge in [0, 0.05) is 23.6 Å². The number of rotatable bonds is 4. The van der Waals surface area contributed by atoms with Gasteiger partial charge in [0.05, 0.1) is 15.9 Å². The van der Waals surface area contributed by atoms with E-state index in [0.717, 1.165) is 35.7 Å². The lowest BCUT2D eigenvalue weighted by atomic mass is 9.14. The van der Waals surface area contributed by atoms with E-state index in [1.165, 1.54) is 17.8 Å². The smallest absolute Gasteiger partial charge is 0.272 e. The Morgan fingerprint density at radius 2 is 1.79 bits per heavy atom. The van der Waals surface area contributed by atoms with Crippen LogP contribution in [0.25, 0.3) is 0 Å². The molecule has 8 nitrogen and oxygen atoms in total. The molecule has 0 aromatic heterocycles. The van der Waals surface area contributed by atoms with Gasteiger partial charge in [-0.1, -0.05) is 6.92 Å². The van der Waals surface area contributed by atoms with E-state index in [1.54, 1.807) is 0 Å². The molecule has 1 N–H and O–H groups in total. The van der Waals surface area contributed by atoms with Crippen LogP contribution in [0.5, 0.6) is 0 Å². The number of nitrogens with zero attached hydrogens (tertiary/aromatic N) is 3. The number of nitrogens with one attached hydrogen (secondary N) is 1. The zero-order valence-corrected chi connectivity index (χ0v) is 12.7. The van der Waals surface area contributed by atoms with Crippen LogP contribution < -0.4 is 5.43 Å². The van der Waals surface area contributed by atoms with E-state index in [-0.39, 0.29) is 17.1 Å². The summed E-state index contributed by atoms with van der Waals surface area (Å²) < 4.78 is 0. The lowest BCUT2D eigenvalue weighted by molar-refractivity contribution is -0.440. The number of hydrogen-bond donors (Lipinski definition) is 1. The van der Waals surface area contributed by atoms with Crippen molar-refractivity contribution in [3.8, 4) is 0 Å². The quantitative estimate of drug-likeness (QED) is 0.675. The van der Waals surface area contributed by atoms with Crippen LogP contribution in [0.3, 0.4) is 0 Å². The van der Waals surface area contributed by atoms with Gasteiger partial charge in [0.15, 0.2) is 0 Å². The summed E-state index contributed by atoms with van der Waals surface area (Å²) in [6, 6.07) is 3.61. The van der Waals surface area contributed by atoms with Crippen LogP contribution >= 0.6 is 0 Å². The second-order valence-electron chi connectivity index (χ2n) is 8.01. The van der Waals surface area contributed by atoms with E-state index in [4.69, 9.17) is 0 Å². The Morgan fingerprint density at radius 3 is 2.38 bits per heavy atom. The molecule has 0 heterocycles. The van der Waals surface area contributed by atoms with Crippen molar-refractivity contribution in [1.82, 2.24) is 0 Å². The van der Waals surface area contributed by atoms with Crippen LogP contribution in [0, 0.1) is 67.1 Å². The van der Waals surface area contributed by atoms with Gasteiger partial charge in [-0.3, -0.25) is 25.7 Å². The molecule has 8 atom stereocenters. The summed E-state index contributed by atoms with van der Waals surface area (Å²) >= 11 is 0. The van der Waals surface area contributed by atoms with Crippen molar-refractivity contribution in [1.29, 1.82) is 0 Å². The highest BCUT2D eigenvalue weighted by Crippen LogP contribution is 2.98. The Balaban J connectivity index is 1.32. The monoisotopic (exact) mass is 326 g/mol. The Labute approximate surface area is 136 Å². The number of nitro groups is 2. The third-order valence-electron chi connectivity index (χ3n) is 7.79. The average molecular weight is 326 g/mol. The summed E-state index contributed by atoms with van der Waals surface area (Å²) in [4.78, 5) is 20.7. The first kappa shape index (κ1) is 12.9. The molecular formula is C16H14N4O4. The van der Waals surface area contributed by atoms with Crippen molar-refractivity contribution in [3.05, 3.63) is 38.4 Å².